The van der Waals surface area contributed by atoms with Gasteiger partial charge in [-0.1, -0.05) is 18.2 Å². The molecule has 0 saturated carbocycles. The summed E-state index contributed by atoms with van der Waals surface area (Å²) in [5.41, 5.74) is 1.25. The van der Waals surface area contributed by atoms with Crippen LogP contribution in [0.1, 0.15) is 49.5 Å². The molecular formula is C19H26N2O3. The number of nitrogens with zero attached hydrogens (tertiary/aromatic N) is 2. The topological polar surface area (TPSA) is 49.9 Å². The van der Waals surface area contributed by atoms with Gasteiger partial charge in [0.15, 0.2) is 0 Å². The maximum Gasteiger partial charge on any atom is 0.410 e. The second-order valence-corrected chi connectivity index (χ2v) is 7.89. The van der Waals surface area contributed by atoms with Gasteiger partial charge >= 0.3 is 6.09 Å². The van der Waals surface area contributed by atoms with E-state index in [-0.39, 0.29) is 17.5 Å². The van der Waals surface area contributed by atoms with E-state index in [1.165, 1.54) is 0 Å². The Labute approximate surface area is 143 Å². The number of carbonyl (C=O) groups is 2. The van der Waals surface area contributed by atoms with Crippen molar-refractivity contribution in [2.24, 2.45) is 0 Å². The summed E-state index contributed by atoms with van der Waals surface area (Å²) in [5, 5.41) is 0. The fourth-order valence-electron chi connectivity index (χ4n) is 3.70. The van der Waals surface area contributed by atoms with Gasteiger partial charge in [0.05, 0.1) is 5.54 Å². The Morgan fingerprint density at radius 3 is 2.42 bits per heavy atom. The van der Waals surface area contributed by atoms with Gasteiger partial charge in [-0.2, -0.15) is 0 Å². The van der Waals surface area contributed by atoms with Crippen LogP contribution in [-0.4, -0.2) is 53.1 Å². The zero-order chi connectivity index (χ0) is 17.5. The van der Waals surface area contributed by atoms with Crippen LogP contribution >= 0.6 is 0 Å². The normalized spacial score (nSPS) is 20.1. The number of piperidine rings is 1. The maximum absolute atomic E-state index is 12.7. The third-order valence-electron chi connectivity index (χ3n) is 5.13. The highest BCUT2D eigenvalue weighted by atomic mass is 16.6. The lowest BCUT2D eigenvalue weighted by molar-refractivity contribution is -0.000729. The average Bonchev–Trinajstić information content (AvgIpc) is 2.52. The van der Waals surface area contributed by atoms with Crippen LogP contribution in [0.4, 0.5) is 4.79 Å². The van der Waals surface area contributed by atoms with Crippen LogP contribution in [0.5, 0.6) is 0 Å². The predicted molar refractivity (Wildman–Crippen MR) is 92.0 cm³/mol. The van der Waals surface area contributed by atoms with Gasteiger partial charge in [0.1, 0.15) is 5.60 Å². The second-order valence-electron chi connectivity index (χ2n) is 7.89. The summed E-state index contributed by atoms with van der Waals surface area (Å²) in [5.74, 6) is 0.0857. The number of likely N-dealkylation sites (tertiary alicyclic amines) is 1. The van der Waals surface area contributed by atoms with Crippen molar-refractivity contribution in [3.63, 3.8) is 0 Å². The highest BCUT2D eigenvalue weighted by molar-refractivity contribution is 5.97. The summed E-state index contributed by atoms with van der Waals surface area (Å²) in [6.07, 6.45) is 2.15. The molecule has 1 saturated heterocycles. The standard InChI is InChI=1S/C19H26N2O3/c1-18(2,3)24-17(23)21-11-9-19(10-12-21)13-14-7-5-6-8-15(14)16(22)20(19)4/h5-8H,9-13H2,1-4H3. The minimum Gasteiger partial charge on any atom is -0.444 e. The molecule has 3 rings (SSSR count). The number of ether oxygens (including phenoxy) is 1. The number of hydrogen-bond acceptors (Lipinski definition) is 3. The van der Waals surface area contributed by atoms with Crippen LogP contribution < -0.4 is 0 Å². The van der Waals surface area contributed by atoms with E-state index >= 15 is 0 Å². The lowest BCUT2D eigenvalue weighted by Crippen LogP contribution is -2.60. The van der Waals surface area contributed by atoms with Crippen LogP contribution in [0.25, 0.3) is 0 Å². The fraction of sp³-hybridized carbons (Fsp3) is 0.579. The molecule has 1 aromatic carbocycles. The van der Waals surface area contributed by atoms with Crippen LogP contribution in [0.2, 0.25) is 0 Å². The molecule has 0 atom stereocenters. The van der Waals surface area contributed by atoms with Crippen molar-refractivity contribution in [1.29, 1.82) is 0 Å². The van der Waals surface area contributed by atoms with Crippen LogP contribution in [0, 0.1) is 0 Å². The van der Waals surface area contributed by atoms with Gasteiger partial charge in [0, 0.05) is 25.7 Å². The molecule has 0 aromatic heterocycles. The van der Waals surface area contributed by atoms with E-state index in [9.17, 15) is 9.59 Å². The Morgan fingerprint density at radius 1 is 1.17 bits per heavy atom. The number of amides is 2. The Bertz CT molecular complexity index is 655. The van der Waals surface area contributed by atoms with Gasteiger partial charge in [-0.15, -0.1) is 0 Å². The van der Waals surface area contributed by atoms with E-state index < -0.39 is 5.60 Å². The molecule has 5 nitrogen and oxygen atoms in total. The summed E-state index contributed by atoms with van der Waals surface area (Å²) < 4.78 is 5.46. The molecule has 0 N–H and O–H groups in total. The predicted octanol–water partition coefficient (Wildman–Crippen LogP) is 3.08. The summed E-state index contributed by atoms with van der Waals surface area (Å²) in [6, 6.07) is 7.84. The number of hydrogen-bond donors (Lipinski definition) is 0. The molecule has 0 aliphatic carbocycles. The first kappa shape index (κ1) is 16.8. The van der Waals surface area contributed by atoms with Crippen molar-refractivity contribution in [2.45, 2.75) is 51.2 Å². The monoisotopic (exact) mass is 330 g/mol. The van der Waals surface area contributed by atoms with Gasteiger partial charge in [-0.3, -0.25) is 4.79 Å². The van der Waals surface area contributed by atoms with Crippen molar-refractivity contribution in [3.8, 4) is 0 Å². The Balaban J connectivity index is 1.74. The first-order valence-corrected chi connectivity index (χ1v) is 8.56. The summed E-state index contributed by atoms with van der Waals surface area (Å²) in [6.45, 7) is 6.87. The van der Waals surface area contributed by atoms with Crippen LogP contribution in [0.15, 0.2) is 24.3 Å². The quantitative estimate of drug-likeness (QED) is 0.734. The smallest absolute Gasteiger partial charge is 0.410 e. The Hall–Kier alpha value is -2.04. The number of likely N-dealkylation sites (N-methyl/N-ethyl adjacent to an activating group) is 1. The fourth-order valence-corrected chi connectivity index (χ4v) is 3.70. The van der Waals surface area contributed by atoms with Crippen molar-refractivity contribution in [3.05, 3.63) is 35.4 Å². The van der Waals surface area contributed by atoms with E-state index in [0.29, 0.717) is 13.1 Å². The van der Waals surface area contributed by atoms with Gasteiger partial charge in [-0.05, 0) is 51.7 Å². The molecule has 2 amide bonds. The molecule has 1 fully saturated rings. The van der Waals surface area contributed by atoms with Gasteiger partial charge < -0.3 is 14.5 Å². The molecule has 2 heterocycles. The minimum atomic E-state index is -0.483. The average molecular weight is 330 g/mol. The van der Waals surface area contributed by atoms with Gasteiger partial charge in [0.25, 0.3) is 5.91 Å². The van der Waals surface area contributed by atoms with E-state index in [1.807, 2.05) is 57.0 Å². The first-order chi connectivity index (χ1) is 11.2. The SMILES string of the molecule is CN1C(=O)c2ccccc2CC12CCN(C(=O)OC(C)(C)C)CC2. The second kappa shape index (κ2) is 5.80. The molecule has 2 aliphatic heterocycles. The lowest BCUT2D eigenvalue weighted by Gasteiger charge is -2.50. The molecule has 1 aromatic rings. The number of rotatable bonds is 0. The molecule has 0 unspecified atom stereocenters. The first-order valence-electron chi connectivity index (χ1n) is 8.56. The summed E-state index contributed by atoms with van der Waals surface area (Å²) in [4.78, 5) is 28.6. The number of fused-ring (bicyclic) bond motifs is 1. The largest absolute Gasteiger partial charge is 0.444 e. The van der Waals surface area contributed by atoms with Crippen molar-refractivity contribution in [1.82, 2.24) is 9.80 Å². The maximum atomic E-state index is 12.7. The van der Waals surface area contributed by atoms with Crippen LogP contribution in [-0.2, 0) is 11.2 Å². The van der Waals surface area contributed by atoms with Gasteiger partial charge in [-0.25, -0.2) is 4.79 Å². The summed E-state index contributed by atoms with van der Waals surface area (Å²) in [7, 11) is 1.89. The highest BCUT2D eigenvalue weighted by Crippen LogP contribution is 2.37. The zero-order valence-electron chi connectivity index (χ0n) is 15.0. The molecule has 2 aliphatic rings. The van der Waals surface area contributed by atoms with Gasteiger partial charge in [0.2, 0.25) is 0 Å². The number of benzene rings is 1. The lowest BCUT2D eigenvalue weighted by atomic mass is 9.76. The Kier molecular flexibility index (Phi) is 4.06. The molecular weight excluding hydrogens is 304 g/mol. The molecule has 0 radical (unpaired) electrons. The molecule has 0 bridgehead atoms. The molecule has 24 heavy (non-hydrogen) atoms. The van der Waals surface area contributed by atoms with Crippen molar-refractivity contribution in [2.75, 3.05) is 20.1 Å². The van der Waals surface area contributed by atoms with E-state index in [4.69, 9.17) is 4.74 Å². The molecule has 1 spiro atoms. The third kappa shape index (κ3) is 2.99. The third-order valence-corrected chi connectivity index (χ3v) is 5.13. The number of carbonyl (C=O) groups excluding carboxylic acids is 2. The molecule has 5 heteroatoms. The summed E-state index contributed by atoms with van der Waals surface area (Å²) >= 11 is 0. The highest BCUT2D eigenvalue weighted by Gasteiger charge is 2.45. The van der Waals surface area contributed by atoms with E-state index in [2.05, 4.69) is 0 Å². The Morgan fingerprint density at radius 2 is 1.79 bits per heavy atom. The zero-order valence-corrected chi connectivity index (χ0v) is 15.0. The minimum absolute atomic E-state index is 0.0857. The van der Waals surface area contributed by atoms with E-state index in [1.54, 1.807) is 4.90 Å². The molecule has 130 valence electrons. The van der Waals surface area contributed by atoms with E-state index in [0.717, 1.165) is 30.4 Å². The van der Waals surface area contributed by atoms with Crippen molar-refractivity contribution >= 4 is 12.0 Å². The van der Waals surface area contributed by atoms with Crippen molar-refractivity contribution < 1.29 is 14.3 Å². The van der Waals surface area contributed by atoms with Crippen LogP contribution in [0.3, 0.4) is 0 Å².